The number of benzene rings is 2. The van der Waals surface area contributed by atoms with E-state index in [1.807, 2.05) is 0 Å². The van der Waals surface area contributed by atoms with Gasteiger partial charge in [0.15, 0.2) is 0 Å². The van der Waals surface area contributed by atoms with E-state index in [0.29, 0.717) is 16.7 Å². The summed E-state index contributed by atoms with van der Waals surface area (Å²) in [5, 5.41) is 21.2. The van der Waals surface area contributed by atoms with Gasteiger partial charge in [-0.25, -0.2) is 8.42 Å². The highest BCUT2D eigenvalue weighted by Gasteiger charge is 2.60. The van der Waals surface area contributed by atoms with Gasteiger partial charge in [0.2, 0.25) is 9.84 Å². The van der Waals surface area contributed by atoms with Crippen molar-refractivity contribution in [1.29, 1.82) is 0 Å². The molecule has 0 spiro atoms. The topological polar surface area (TPSA) is 83.8 Å². The van der Waals surface area contributed by atoms with Gasteiger partial charge >= 0.3 is 0 Å². The number of ether oxygens (including phenoxy) is 1. The van der Waals surface area contributed by atoms with Crippen molar-refractivity contribution in [2.75, 3.05) is 6.61 Å². The summed E-state index contributed by atoms with van der Waals surface area (Å²) in [5.41, 5.74) is 0.0719. The Morgan fingerprint density at radius 2 is 1.78 bits per heavy atom. The molecule has 2 aliphatic carbocycles. The highest BCUT2D eigenvalue weighted by Crippen LogP contribution is 2.58. The molecular formula is C21H20O5S. The molecule has 5 nitrogen and oxygen atoms in total. The van der Waals surface area contributed by atoms with E-state index >= 15 is 0 Å². The van der Waals surface area contributed by atoms with E-state index in [9.17, 15) is 18.6 Å². The monoisotopic (exact) mass is 384 g/mol. The molecule has 0 bridgehead atoms. The maximum atomic E-state index is 13.5. The summed E-state index contributed by atoms with van der Waals surface area (Å²) in [5.74, 6) is 0. The van der Waals surface area contributed by atoms with Gasteiger partial charge in [-0.05, 0) is 23.3 Å². The normalized spacial score (nSPS) is 26.7. The van der Waals surface area contributed by atoms with Crippen molar-refractivity contribution in [3.05, 3.63) is 84.0 Å². The zero-order valence-electron chi connectivity index (χ0n) is 14.6. The minimum Gasteiger partial charge on any atom is -0.390 e. The van der Waals surface area contributed by atoms with Gasteiger partial charge in [-0.3, -0.25) is 0 Å². The van der Waals surface area contributed by atoms with Crippen LogP contribution in [0.2, 0.25) is 0 Å². The van der Waals surface area contributed by atoms with Gasteiger partial charge in [-0.15, -0.1) is 6.58 Å². The van der Waals surface area contributed by atoms with E-state index in [2.05, 4.69) is 6.58 Å². The SMILES string of the molecule is C=CCO[C@]12C(=C(S(=O)(=O)c3ccccc3)c3ccccc31)C[C@H](O)[C@@H]2O. The van der Waals surface area contributed by atoms with Crippen LogP contribution in [0.25, 0.3) is 4.91 Å². The molecule has 2 aliphatic rings. The fourth-order valence-corrected chi connectivity index (χ4v) is 5.92. The van der Waals surface area contributed by atoms with Gasteiger partial charge in [-0.2, -0.15) is 0 Å². The van der Waals surface area contributed by atoms with E-state index in [1.165, 1.54) is 18.2 Å². The van der Waals surface area contributed by atoms with Crippen LogP contribution in [-0.4, -0.2) is 37.4 Å². The molecule has 0 aromatic heterocycles. The third-order valence-corrected chi connectivity index (χ3v) is 7.14. The van der Waals surface area contributed by atoms with Crippen LogP contribution >= 0.6 is 0 Å². The number of sulfone groups is 1. The second-order valence-corrected chi connectivity index (χ2v) is 8.61. The Kier molecular flexibility index (Phi) is 4.31. The summed E-state index contributed by atoms with van der Waals surface area (Å²) in [4.78, 5) is 0.279. The highest BCUT2D eigenvalue weighted by atomic mass is 32.2. The quantitative estimate of drug-likeness (QED) is 0.774. The molecule has 0 aliphatic heterocycles. The van der Waals surface area contributed by atoms with E-state index in [0.717, 1.165) is 0 Å². The molecule has 0 unspecified atom stereocenters. The predicted molar refractivity (Wildman–Crippen MR) is 101 cm³/mol. The molecule has 0 saturated heterocycles. The standard InChI is InChI=1S/C21H20O5S/c1-2-12-26-21-16-11-7-6-10-15(16)19(17(21)13-18(22)20(21)23)27(24,25)14-8-4-3-5-9-14/h2-11,18,20,22-23H,1,12-13H2/t18-,20-,21-/m0/s1. The second-order valence-electron chi connectivity index (χ2n) is 6.72. The average Bonchev–Trinajstić information content (AvgIpc) is 3.10. The summed E-state index contributed by atoms with van der Waals surface area (Å²) < 4.78 is 32.9. The Morgan fingerprint density at radius 1 is 1.11 bits per heavy atom. The van der Waals surface area contributed by atoms with E-state index in [-0.39, 0.29) is 22.8 Å². The molecule has 0 radical (unpaired) electrons. The van der Waals surface area contributed by atoms with Crippen molar-refractivity contribution < 1.29 is 23.4 Å². The van der Waals surface area contributed by atoms with E-state index in [1.54, 1.807) is 42.5 Å². The molecule has 6 heteroatoms. The molecule has 2 N–H and O–H groups in total. The minimum absolute atomic E-state index is 0.0222. The van der Waals surface area contributed by atoms with Crippen molar-refractivity contribution in [1.82, 2.24) is 0 Å². The largest absolute Gasteiger partial charge is 0.390 e. The Morgan fingerprint density at radius 3 is 2.48 bits per heavy atom. The van der Waals surface area contributed by atoms with Crippen molar-refractivity contribution in [2.45, 2.75) is 29.1 Å². The molecule has 2 aromatic carbocycles. The lowest BCUT2D eigenvalue weighted by molar-refractivity contribution is -0.109. The van der Waals surface area contributed by atoms with Crippen LogP contribution in [0, 0.1) is 0 Å². The molecular weight excluding hydrogens is 364 g/mol. The number of hydrogen-bond acceptors (Lipinski definition) is 5. The van der Waals surface area contributed by atoms with Crippen LogP contribution < -0.4 is 0 Å². The summed E-state index contributed by atoms with van der Waals surface area (Å²) in [6, 6.07) is 15.1. The first-order valence-corrected chi connectivity index (χ1v) is 10.2. The van der Waals surface area contributed by atoms with Crippen LogP contribution in [0.3, 0.4) is 0 Å². The summed E-state index contributed by atoms with van der Waals surface area (Å²) >= 11 is 0. The summed E-state index contributed by atoms with van der Waals surface area (Å²) in [7, 11) is -3.86. The van der Waals surface area contributed by atoms with Gasteiger partial charge in [0.25, 0.3) is 0 Å². The molecule has 3 atom stereocenters. The minimum atomic E-state index is -3.86. The third kappa shape index (κ3) is 2.45. The Balaban J connectivity index is 2.03. The lowest BCUT2D eigenvalue weighted by atomic mass is 9.89. The fourth-order valence-electron chi connectivity index (χ4n) is 4.14. The summed E-state index contributed by atoms with van der Waals surface area (Å²) in [6.45, 7) is 3.76. The Labute approximate surface area is 158 Å². The number of aliphatic hydroxyl groups is 2. The van der Waals surface area contributed by atoms with Gasteiger partial charge in [0.1, 0.15) is 11.7 Å². The number of hydrogen-bond donors (Lipinski definition) is 2. The summed E-state index contributed by atoms with van der Waals surface area (Å²) in [6.07, 6.45) is -0.819. The van der Waals surface area contributed by atoms with Crippen LogP contribution in [0.5, 0.6) is 0 Å². The number of aliphatic hydroxyl groups excluding tert-OH is 2. The molecule has 2 aromatic rings. The van der Waals surface area contributed by atoms with Crippen molar-refractivity contribution in [3.8, 4) is 0 Å². The zero-order chi connectivity index (χ0) is 19.2. The van der Waals surface area contributed by atoms with Gasteiger partial charge in [0.05, 0.1) is 22.5 Å². The number of rotatable bonds is 5. The highest BCUT2D eigenvalue weighted by molar-refractivity contribution is 8.00. The Bertz CT molecular complexity index is 1030. The maximum Gasteiger partial charge on any atom is 0.207 e. The molecule has 0 amide bonds. The Hall–Kier alpha value is -2.25. The first kappa shape index (κ1) is 18.1. The van der Waals surface area contributed by atoms with Crippen molar-refractivity contribution in [2.24, 2.45) is 0 Å². The first-order valence-electron chi connectivity index (χ1n) is 8.69. The van der Waals surface area contributed by atoms with Crippen molar-refractivity contribution in [3.63, 3.8) is 0 Å². The smallest absolute Gasteiger partial charge is 0.207 e. The van der Waals surface area contributed by atoms with E-state index < -0.39 is 27.6 Å². The maximum absolute atomic E-state index is 13.5. The predicted octanol–water partition coefficient (Wildman–Crippen LogP) is 2.41. The van der Waals surface area contributed by atoms with Crippen LogP contribution in [-0.2, 0) is 20.2 Å². The van der Waals surface area contributed by atoms with Crippen LogP contribution in [0.1, 0.15) is 17.5 Å². The van der Waals surface area contributed by atoms with Crippen LogP contribution in [0.4, 0.5) is 0 Å². The first-order chi connectivity index (χ1) is 12.9. The molecule has 27 heavy (non-hydrogen) atoms. The van der Waals surface area contributed by atoms with Crippen molar-refractivity contribution >= 4 is 14.7 Å². The fraction of sp³-hybridized carbons (Fsp3) is 0.238. The van der Waals surface area contributed by atoms with Gasteiger partial charge in [-0.1, -0.05) is 48.5 Å². The third-order valence-electron chi connectivity index (χ3n) is 5.24. The van der Waals surface area contributed by atoms with Crippen LogP contribution in [0.15, 0.2) is 77.7 Å². The number of fused-ring (bicyclic) bond motifs is 3. The lowest BCUT2D eigenvalue weighted by Gasteiger charge is -2.32. The molecule has 1 saturated carbocycles. The van der Waals surface area contributed by atoms with Gasteiger partial charge < -0.3 is 14.9 Å². The van der Waals surface area contributed by atoms with Gasteiger partial charge in [0, 0.05) is 12.0 Å². The molecule has 4 rings (SSSR count). The second kappa shape index (κ2) is 6.42. The molecule has 0 heterocycles. The zero-order valence-corrected chi connectivity index (χ0v) is 15.4. The lowest BCUT2D eigenvalue weighted by Crippen LogP contribution is -2.42. The molecule has 1 fully saturated rings. The molecule has 140 valence electrons. The van der Waals surface area contributed by atoms with E-state index in [4.69, 9.17) is 4.74 Å². The average molecular weight is 384 g/mol.